The first kappa shape index (κ1) is 13.1. The van der Waals surface area contributed by atoms with Gasteiger partial charge in [-0.1, -0.05) is 19.9 Å². The van der Waals surface area contributed by atoms with Crippen LogP contribution in [0.3, 0.4) is 0 Å². The van der Waals surface area contributed by atoms with Crippen molar-refractivity contribution in [1.82, 2.24) is 4.90 Å². The van der Waals surface area contributed by atoms with Crippen molar-refractivity contribution >= 4 is 11.3 Å². The van der Waals surface area contributed by atoms with E-state index in [9.17, 15) is 5.11 Å². The lowest BCUT2D eigenvalue weighted by molar-refractivity contribution is -0.0221. The van der Waals surface area contributed by atoms with Gasteiger partial charge in [-0.15, -0.1) is 11.3 Å². The molecule has 0 aliphatic carbocycles. The van der Waals surface area contributed by atoms with Gasteiger partial charge in [-0.3, -0.25) is 0 Å². The van der Waals surface area contributed by atoms with E-state index in [1.54, 1.807) is 11.3 Å². The number of likely N-dealkylation sites (tertiary alicyclic amines) is 1. The van der Waals surface area contributed by atoms with Crippen molar-refractivity contribution in [2.75, 3.05) is 19.6 Å². The van der Waals surface area contributed by atoms with E-state index in [4.69, 9.17) is 0 Å². The Hall–Kier alpha value is -0.380. The molecule has 0 radical (unpaired) electrons. The zero-order valence-corrected chi connectivity index (χ0v) is 11.7. The summed E-state index contributed by atoms with van der Waals surface area (Å²) in [5.74, 6) is 0.721. The van der Waals surface area contributed by atoms with Crippen molar-refractivity contribution in [2.45, 2.75) is 38.7 Å². The Kier molecular flexibility index (Phi) is 4.23. The van der Waals surface area contributed by atoms with E-state index in [2.05, 4.69) is 36.3 Å². The molecule has 2 nitrogen and oxygen atoms in total. The van der Waals surface area contributed by atoms with E-state index in [0.717, 1.165) is 44.8 Å². The Morgan fingerprint density at radius 3 is 2.65 bits per heavy atom. The highest BCUT2D eigenvalue weighted by Crippen LogP contribution is 2.28. The van der Waals surface area contributed by atoms with Crippen LogP contribution >= 0.6 is 11.3 Å². The standard InChI is InChI=1S/C14H23NOS/c1-12(2)11-15-7-5-14(16,6-8-15)10-13-4-3-9-17-13/h3-4,9,12,16H,5-8,10-11H2,1-2H3. The Morgan fingerprint density at radius 1 is 1.41 bits per heavy atom. The van der Waals surface area contributed by atoms with E-state index in [-0.39, 0.29) is 0 Å². The molecule has 2 heterocycles. The van der Waals surface area contributed by atoms with Crippen molar-refractivity contribution in [3.63, 3.8) is 0 Å². The molecule has 1 aliphatic rings. The number of thiophene rings is 1. The number of rotatable bonds is 4. The van der Waals surface area contributed by atoms with Gasteiger partial charge < -0.3 is 10.0 Å². The van der Waals surface area contributed by atoms with E-state index in [1.807, 2.05) is 0 Å². The summed E-state index contributed by atoms with van der Waals surface area (Å²) in [5.41, 5.74) is -0.460. The summed E-state index contributed by atoms with van der Waals surface area (Å²) in [4.78, 5) is 3.79. The van der Waals surface area contributed by atoms with Crippen LogP contribution in [-0.4, -0.2) is 35.2 Å². The lowest BCUT2D eigenvalue weighted by Crippen LogP contribution is -2.46. The van der Waals surface area contributed by atoms with Gasteiger partial charge in [-0.2, -0.15) is 0 Å². The maximum absolute atomic E-state index is 10.6. The lowest BCUT2D eigenvalue weighted by Gasteiger charge is -2.38. The Morgan fingerprint density at radius 2 is 2.12 bits per heavy atom. The van der Waals surface area contributed by atoms with E-state index in [0.29, 0.717) is 0 Å². The third-order valence-corrected chi connectivity index (χ3v) is 4.37. The van der Waals surface area contributed by atoms with Crippen LogP contribution in [0.1, 0.15) is 31.6 Å². The molecule has 0 atom stereocenters. The molecule has 1 aromatic heterocycles. The first-order valence-corrected chi connectivity index (χ1v) is 7.42. The SMILES string of the molecule is CC(C)CN1CCC(O)(Cc2cccs2)CC1. The lowest BCUT2D eigenvalue weighted by atomic mass is 9.87. The van der Waals surface area contributed by atoms with E-state index in [1.165, 1.54) is 4.88 Å². The largest absolute Gasteiger partial charge is 0.389 e. The third kappa shape index (κ3) is 3.80. The molecule has 2 rings (SSSR count). The molecule has 1 aliphatic heterocycles. The smallest absolute Gasteiger partial charge is 0.0720 e. The molecule has 1 N–H and O–H groups in total. The zero-order valence-electron chi connectivity index (χ0n) is 10.9. The Bertz CT molecular complexity index is 326. The zero-order chi connectivity index (χ0) is 12.3. The van der Waals surface area contributed by atoms with Crippen LogP contribution in [-0.2, 0) is 6.42 Å². The van der Waals surface area contributed by atoms with Gasteiger partial charge in [0, 0.05) is 30.9 Å². The summed E-state index contributed by atoms with van der Waals surface area (Å²) in [6.45, 7) is 7.76. The molecule has 0 amide bonds. The molecule has 0 spiro atoms. The van der Waals surface area contributed by atoms with Crippen LogP contribution in [0.5, 0.6) is 0 Å². The van der Waals surface area contributed by atoms with Crippen LogP contribution < -0.4 is 0 Å². The van der Waals surface area contributed by atoms with Gasteiger partial charge in [0.15, 0.2) is 0 Å². The van der Waals surface area contributed by atoms with Gasteiger partial charge in [0.25, 0.3) is 0 Å². The van der Waals surface area contributed by atoms with E-state index < -0.39 is 5.60 Å². The van der Waals surface area contributed by atoms with Crippen molar-refractivity contribution in [3.8, 4) is 0 Å². The maximum Gasteiger partial charge on any atom is 0.0720 e. The Balaban J connectivity index is 1.84. The number of hydrogen-bond acceptors (Lipinski definition) is 3. The number of hydrogen-bond donors (Lipinski definition) is 1. The van der Waals surface area contributed by atoms with Gasteiger partial charge in [0.2, 0.25) is 0 Å². The fourth-order valence-electron chi connectivity index (χ4n) is 2.58. The molecule has 1 saturated heterocycles. The fraction of sp³-hybridized carbons (Fsp3) is 0.714. The highest BCUT2D eigenvalue weighted by atomic mass is 32.1. The minimum Gasteiger partial charge on any atom is -0.389 e. The third-order valence-electron chi connectivity index (χ3n) is 3.49. The van der Waals surface area contributed by atoms with Gasteiger partial charge in [-0.25, -0.2) is 0 Å². The van der Waals surface area contributed by atoms with Crippen LogP contribution in [0.15, 0.2) is 17.5 Å². The monoisotopic (exact) mass is 253 g/mol. The van der Waals surface area contributed by atoms with Crippen molar-refractivity contribution in [2.24, 2.45) is 5.92 Å². The first-order chi connectivity index (χ1) is 8.07. The number of nitrogens with zero attached hydrogens (tertiary/aromatic N) is 1. The summed E-state index contributed by atoms with van der Waals surface area (Å²) >= 11 is 1.75. The predicted octanol–water partition coefficient (Wildman–Crippen LogP) is 2.77. The molecular weight excluding hydrogens is 230 g/mol. The molecular formula is C14H23NOS. The van der Waals surface area contributed by atoms with E-state index >= 15 is 0 Å². The summed E-state index contributed by atoms with van der Waals surface area (Å²) in [7, 11) is 0. The predicted molar refractivity (Wildman–Crippen MR) is 73.5 cm³/mol. The number of piperidine rings is 1. The van der Waals surface area contributed by atoms with Crippen LogP contribution in [0.2, 0.25) is 0 Å². The van der Waals surface area contributed by atoms with Gasteiger partial charge in [0.05, 0.1) is 5.60 Å². The average Bonchev–Trinajstić information content (AvgIpc) is 2.74. The molecule has 0 saturated carbocycles. The van der Waals surface area contributed by atoms with Crippen molar-refractivity contribution < 1.29 is 5.11 Å². The molecule has 96 valence electrons. The average molecular weight is 253 g/mol. The van der Waals surface area contributed by atoms with Crippen LogP contribution in [0.4, 0.5) is 0 Å². The number of aliphatic hydroxyl groups is 1. The second kappa shape index (κ2) is 5.51. The van der Waals surface area contributed by atoms with Crippen LogP contribution in [0, 0.1) is 5.92 Å². The summed E-state index contributed by atoms with van der Waals surface area (Å²) in [6, 6.07) is 4.19. The first-order valence-electron chi connectivity index (χ1n) is 6.54. The molecule has 17 heavy (non-hydrogen) atoms. The topological polar surface area (TPSA) is 23.5 Å². The van der Waals surface area contributed by atoms with Gasteiger partial charge >= 0.3 is 0 Å². The highest BCUT2D eigenvalue weighted by Gasteiger charge is 2.32. The second-order valence-electron chi connectivity index (χ2n) is 5.67. The summed E-state index contributed by atoms with van der Waals surface area (Å²) in [5, 5.41) is 12.7. The highest BCUT2D eigenvalue weighted by molar-refractivity contribution is 7.09. The molecule has 1 fully saturated rings. The second-order valence-corrected chi connectivity index (χ2v) is 6.71. The normalized spacial score (nSPS) is 20.9. The molecule has 0 bridgehead atoms. The minimum absolute atomic E-state index is 0.460. The summed E-state index contributed by atoms with van der Waals surface area (Å²) in [6.07, 6.45) is 2.66. The molecule has 0 unspecified atom stereocenters. The fourth-order valence-corrected chi connectivity index (χ4v) is 3.42. The van der Waals surface area contributed by atoms with Crippen LogP contribution in [0.25, 0.3) is 0 Å². The van der Waals surface area contributed by atoms with Gasteiger partial charge in [-0.05, 0) is 30.2 Å². The minimum atomic E-state index is -0.460. The maximum atomic E-state index is 10.6. The Labute approximate surface area is 108 Å². The molecule has 3 heteroatoms. The van der Waals surface area contributed by atoms with Crippen molar-refractivity contribution in [1.29, 1.82) is 0 Å². The van der Waals surface area contributed by atoms with Gasteiger partial charge in [0.1, 0.15) is 0 Å². The summed E-state index contributed by atoms with van der Waals surface area (Å²) < 4.78 is 0. The quantitative estimate of drug-likeness (QED) is 0.892. The molecule has 1 aromatic rings. The van der Waals surface area contributed by atoms with Crippen molar-refractivity contribution in [3.05, 3.63) is 22.4 Å². The molecule has 0 aromatic carbocycles.